The number of aromatic nitrogens is 1. The van der Waals surface area contributed by atoms with Gasteiger partial charge < -0.3 is 19.9 Å². The van der Waals surface area contributed by atoms with Gasteiger partial charge in [0, 0.05) is 31.7 Å². The van der Waals surface area contributed by atoms with Crippen LogP contribution in [-0.2, 0) is 4.74 Å². The van der Waals surface area contributed by atoms with Crippen LogP contribution in [0.15, 0.2) is 9.52 Å². The molecule has 0 aromatic carbocycles. The molecule has 0 fully saturated rings. The first-order valence-corrected chi connectivity index (χ1v) is 7.80. The molecule has 0 aliphatic carbocycles. The van der Waals surface area contributed by atoms with Crippen LogP contribution in [0.4, 0.5) is 0 Å². The number of ether oxygens (including phenoxy) is 1. The standard InChI is InChI=1S/C16H30N4O2/c1-8-17-15(19-10-16(5,6)21-7)18-9-11(2)14-12(3)20-22-13(14)4/h11H,8-10H2,1-7H3,(H2,17,18,19). The van der Waals surface area contributed by atoms with E-state index in [2.05, 4.69) is 34.6 Å². The lowest BCUT2D eigenvalue weighted by Gasteiger charge is -2.22. The average molecular weight is 310 g/mol. The van der Waals surface area contributed by atoms with Crippen molar-refractivity contribution in [2.45, 2.75) is 53.1 Å². The maximum absolute atomic E-state index is 5.40. The van der Waals surface area contributed by atoms with Gasteiger partial charge in [0.15, 0.2) is 5.96 Å². The van der Waals surface area contributed by atoms with Crippen molar-refractivity contribution >= 4 is 5.96 Å². The van der Waals surface area contributed by atoms with E-state index < -0.39 is 0 Å². The van der Waals surface area contributed by atoms with Crippen molar-refractivity contribution in [1.82, 2.24) is 15.8 Å². The molecule has 126 valence electrons. The number of aliphatic imine (C=N–C) groups is 1. The quantitative estimate of drug-likeness (QED) is 0.597. The molecule has 0 spiro atoms. The highest BCUT2D eigenvalue weighted by Crippen LogP contribution is 2.22. The minimum Gasteiger partial charge on any atom is -0.377 e. The predicted octanol–water partition coefficient (Wildman–Crippen LogP) is 2.38. The lowest BCUT2D eigenvalue weighted by molar-refractivity contribution is 0.0310. The number of guanidine groups is 1. The molecule has 0 saturated carbocycles. The van der Waals surface area contributed by atoms with Crippen LogP contribution in [0.2, 0.25) is 0 Å². The van der Waals surface area contributed by atoms with Gasteiger partial charge in [0.1, 0.15) is 5.76 Å². The molecule has 0 saturated heterocycles. The van der Waals surface area contributed by atoms with Gasteiger partial charge >= 0.3 is 0 Å². The molecular weight excluding hydrogens is 280 g/mol. The fourth-order valence-corrected chi connectivity index (χ4v) is 2.22. The van der Waals surface area contributed by atoms with E-state index in [-0.39, 0.29) is 5.60 Å². The normalized spacial score (nSPS) is 14.0. The van der Waals surface area contributed by atoms with Gasteiger partial charge in [-0.2, -0.15) is 0 Å². The topological polar surface area (TPSA) is 71.7 Å². The second kappa shape index (κ2) is 8.17. The zero-order valence-electron chi connectivity index (χ0n) is 14.9. The van der Waals surface area contributed by atoms with Crippen molar-refractivity contribution in [3.8, 4) is 0 Å². The summed E-state index contributed by atoms with van der Waals surface area (Å²) in [4.78, 5) is 4.58. The number of aryl methyl sites for hydroxylation is 2. The highest BCUT2D eigenvalue weighted by molar-refractivity contribution is 5.79. The van der Waals surface area contributed by atoms with Gasteiger partial charge in [0.25, 0.3) is 0 Å². The Bertz CT molecular complexity index is 475. The summed E-state index contributed by atoms with van der Waals surface area (Å²) in [5.41, 5.74) is 1.85. The van der Waals surface area contributed by atoms with Crippen LogP contribution >= 0.6 is 0 Å². The van der Waals surface area contributed by atoms with Crippen molar-refractivity contribution in [3.63, 3.8) is 0 Å². The molecular formula is C16H30N4O2. The average Bonchev–Trinajstić information content (AvgIpc) is 2.81. The van der Waals surface area contributed by atoms with Gasteiger partial charge in [0.05, 0.1) is 17.8 Å². The van der Waals surface area contributed by atoms with Crippen molar-refractivity contribution < 1.29 is 9.26 Å². The first-order valence-electron chi connectivity index (χ1n) is 7.80. The van der Waals surface area contributed by atoms with Crippen LogP contribution in [-0.4, -0.2) is 43.5 Å². The van der Waals surface area contributed by atoms with E-state index in [0.29, 0.717) is 12.5 Å². The van der Waals surface area contributed by atoms with Crippen LogP contribution in [0.25, 0.3) is 0 Å². The number of hydrogen-bond acceptors (Lipinski definition) is 4. The molecule has 1 aromatic rings. The summed E-state index contributed by atoms with van der Waals surface area (Å²) in [6.45, 7) is 14.4. The lowest BCUT2D eigenvalue weighted by Crippen LogP contribution is -2.40. The summed E-state index contributed by atoms with van der Waals surface area (Å²) in [7, 11) is 1.70. The molecule has 22 heavy (non-hydrogen) atoms. The lowest BCUT2D eigenvalue weighted by atomic mass is 10.00. The van der Waals surface area contributed by atoms with Gasteiger partial charge in [-0.15, -0.1) is 0 Å². The summed E-state index contributed by atoms with van der Waals surface area (Å²) in [5.74, 6) is 1.98. The zero-order chi connectivity index (χ0) is 16.8. The summed E-state index contributed by atoms with van der Waals surface area (Å²) in [6, 6.07) is 0. The molecule has 1 heterocycles. The Labute approximate surface area is 133 Å². The highest BCUT2D eigenvalue weighted by atomic mass is 16.5. The summed E-state index contributed by atoms with van der Waals surface area (Å²) >= 11 is 0. The second-order valence-corrected chi connectivity index (χ2v) is 6.18. The Balaban J connectivity index is 2.66. The van der Waals surface area contributed by atoms with Crippen molar-refractivity contribution in [2.24, 2.45) is 4.99 Å². The SMILES string of the molecule is CCNC(=NCC(C)(C)OC)NCC(C)c1c(C)noc1C. The summed E-state index contributed by atoms with van der Waals surface area (Å²) in [5, 5.41) is 10.6. The number of rotatable bonds is 7. The number of nitrogens with one attached hydrogen (secondary N) is 2. The van der Waals surface area contributed by atoms with Crippen LogP contribution in [0.3, 0.4) is 0 Å². The molecule has 1 atom stereocenters. The Kier molecular flexibility index (Phi) is 6.87. The fourth-order valence-electron chi connectivity index (χ4n) is 2.22. The summed E-state index contributed by atoms with van der Waals surface area (Å²) in [6.07, 6.45) is 0. The van der Waals surface area contributed by atoms with Crippen molar-refractivity contribution in [1.29, 1.82) is 0 Å². The van der Waals surface area contributed by atoms with Crippen LogP contribution in [0.1, 0.15) is 50.6 Å². The van der Waals surface area contributed by atoms with Crippen molar-refractivity contribution in [2.75, 3.05) is 26.7 Å². The minimum absolute atomic E-state index is 0.268. The monoisotopic (exact) mass is 310 g/mol. The second-order valence-electron chi connectivity index (χ2n) is 6.18. The third kappa shape index (κ3) is 5.33. The van der Waals surface area contributed by atoms with E-state index in [9.17, 15) is 0 Å². The molecule has 1 unspecified atom stereocenters. The predicted molar refractivity (Wildman–Crippen MR) is 89.5 cm³/mol. The molecule has 0 bridgehead atoms. The number of nitrogens with zero attached hydrogens (tertiary/aromatic N) is 2. The fraction of sp³-hybridized carbons (Fsp3) is 0.750. The molecule has 0 aliphatic rings. The summed E-state index contributed by atoms with van der Waals surface area (Å²) < 4.78 is 10.6. The van der Waals surface area contributed by atoms with Gasteiger partial charge in [-0.25, -0.2) is 0 Å². The molecule has 0 aliphatic heterocycles. The first kappa shape index (κ1) is 18.5. The van der Waals surface area contributed by atoms with Gasteiger partial charge in [0.2, 0.25) is 0 Å². The largest absolute Gasteiger partial charge is 0.377 e. The van der Waals surface area contributed by atoms with Crippen LogP contribution in [0.5, 0.6) is 0 Å². The van der Waals surface area contributed by atoms with Crippen LogP contribution < -0.4 is 10.6 Å². The van der Waals surface area contributed by atoms with E-state index in [4.69, 9.17) is 9.26 Å². The molecule has 2 N–H and O–H groups in total. The maximum Gasteiger partial charge on any atom is 0.191 e. The zero-order valence-corrected chi connectivity index (χ0v) is 14.9. The molecule has 6 nitrogen and oxygen atoms in total. The molecule has 6 heteroatoms. The Morgan fingerprint density at radius 2 is 2.05 bits per heavy atom. The molecule has 0 radical (unpaired) electrons. The number of methoxy groups -OCH3 is 1. The third-order valence-electron chi connectivity index (χ3n) is 3.67. The minimum atomic E-state index is -0.268. The molecule has 1 aromatic heterocycles. The first-order chi connectivity index (χ1) is 10.3. The maximum atomic E-state index is 5.40. The van der Waals surface area contributed by atoms with Crippen molar-refractivity contribution in [3.05, 3.63) is 17.0 Å². The highest BCUT2D eigenvalue weighted by Gasteiger charge is 2.18. The van der Waals surface area contributed by atoms with Gasteiger partial charge in [-0.1, -0.05) is 12.1 Å². The Morgan fingerprint density at radius 3 is 2.55 bits per heavy atom. The van der Waals surface area contributed by atoms with Crippen LogP contribution in [0, 0.1) is 13.8 Å². The van der Waals surface area contributed by atoms with E-state index in [1.807, 2.05) is 27.7 Å². The Morgan fingerprint density at radius 1 is 1.36 bits per heavy atom. The smallest absolute Gasteiger partial charge is 0.191 e. The van der Waals surface area contributed by atoms with E-state index in [1.54, 1.807) is 7.11 Å². The number of hydrogen-bond donors (Lipinski definition) is 2. The van der Waals surface area contributed by atoms with E-state index in [1.165, 1.54) is 5.56 Å². The van der Waals surface area contributed by atoms with E-state index in [0.717, 1.165) is 30.5 Å². The van der Waals surface area contributed by atoms with E-state index >= 15 is 0 Å². The van der Waals surface area contributed by atoms with Gasteiger partial charge in [-0.3, -0.25) is 4.99 Å². The third-order valence-corrected chi connectivity index (χ3v) is 3.67. The van der Waals surface area contributed by atoms with Gasteiger partial charge in [-0.05, 0) is 34.6 Å². The molecule has 0 amide bonds. The Hall–Kier alpha value is -1.56. The molecule has 1 rings (SSSR count).